The number of nitrogens with zero attached hydrogens (tertiary/aromatic N) is 2. The maximum atomic E-state index is 8.80. The summed E-state index contributed by atoms with van der Waals surface area (Å²) in [4.78, 5) is 4.25. The third-order valence-corrected chi connectivity index (χ3v) is 2.40. The van der Waals surface area contributed by atoms with Gasteiger partial charge in [-0.1, -0.05) is 12.1 Å². The summed E-state index contributed by atoms with van der Waals surface area (Å²) in [5, 5.41) is 8.80. The van der Waals surface area contributed by atoms with E-state index in [4.69, 9.17) is 11.0 Å². The molecule has 0 radical (unpaired) electrons. The summed E-state index contributed by atoms with van der Waals surface area (Å²) in [7, 11) is 0. The van der Waals surface area contributed by atoms with Gasteiger partial charge in [-0.05, 0) is 36.8 Å². The lowest BCUT2D eigenvalue weighted by Crippen LogP contribution is -1.92. The van der Waals surface area contributed by atoms with E-state index in [0.29, 0.717) is 11.4 Å². The molecular formula is C13H11N3. The van der Waals surface area contributed by atoms with Gasteiger partial charge in [0, 0.05) is 11.3 Å². The highest BCUT2D eigenvalue weighted by molar-refractivity contribution is 5.68. The summed E-state index contributed by atoms with van der Waals surface area (Å²) >= 11 is 0. The Morgan fingerprint density at radius 1 is 1.25 bits per heavy atom. The zero-order chi connectivity index (χ0) is 11.5. The lowest BCUT2D eigenvalue weighted by Gasteiger charge is -2.06. The van der Waals surface area contributed by atoms with Crippen molar-refractivity contribution in [2.24, 2.45) is 0 Å². The normalized spacial score (nSPS) is 9.75. The zero-order valence-corrected chi connectivity index (χ0v) is 8.94. The van der Waals surface area contributed by atoms with Crippen LogP contribution in [-0.4, -0.2) is 4.98 Å². The van der Waals surface area contributed by atoms with Crippen molar-refractivity contribution in [1.29, 1.82) is 5.26 Å². The van der Waals surface area contributed by atoms with Crippen molar-refractivity contribution in [3.8, 4) is 17.3 Å². The van der Waals surface area contributed by atoms with Crippen molar-refractivity contribution in [3.05, 3.63) is 47.7 Å². The molecule has 0 bridgehead atoms. The lowest BCUT2D eigenvalue weighted by molar-refractivity contribution is 1.25. The zero-order valence-electron chi connectivity index (χ0n) is 8.94. The van der Waals surface area contributed by atoms with Gasteiger partial charge < -0.3 is 5.73 Å². The number of pyridine rings is 1. The molecule has 2 rings (SSSR count). The number of hydrogen-bond donors (Lipinski definition) is 1. The van der Waals surface area contributed by atoms with Crippen molar-refractivity contribution >= 4 is 5.69 Å². The Labute approximate surface area is 94.2 Å². The maximum Gasteiger partial charge on any atom is 0.141 e. The standard InChI is InChI=1S/C13H11N3/c1-9-5-6-10(15)7-12(9)13-4-2-3-11(8-14)16-13/h2-7H,15H2,1H3. The SMILES string of the molecule is Cc1ccc(N)cc1-c1cccc(C#N)n1. The Morgan fingerprint density at radius 2 is 2.06 bits per heavy atom. The Bertz CT molecular complexity index is 568. The fourth-order valence-electron chi connectivity index (χ4n) is 1.56. The molecule has 0 aliphatic heterocycles. The molecule has 78 valence electrons. The molecule has 0 atom stereocenters. The largest absolute Gasteiger partial charge is 0.399 e. The summed E-state index contributed by atoms with van der Waals surface area (Å²) in [6.45, 7) is 2.00. The number of nitriles is 1. The van der Waals surface area contributed by atoms with Crippen LogP contribution in [0.3, 0.4) is 0 Å². The predicted molar refractivity (Wildman–Crippen MR) is 63.5 cm³/mol. The summed E-state index contributed by atoms with van der Waals surface area (Å²) in [5.41, 5.74) is 9.70. The molecule has 16 heavy (non-hydrogen) atoms. The van der Waals surface area contributed by atoms with Gasteiger partial charge in [0.2, 0.25) is 0 Å². The van der Waals surface area contributed by atoms with Gasteiger partial charge in [-0.25, -0.2) is 4.98 Å². The predicted octanol–water partition coefficient (Wildman–Crippen LogP) is 2.51. The average molecular weight is 209 g/mol. The van der Waals surface area contributed by atoms with Crippen molar-refractivity contribution in [1.82, 2.24) is 4.98 Å². The van der Waals surface area contributed by atoms with Crippen LogP contribution in [0, 0.1) is 18.3 Å². The number of aromatic nitrogens is 1. The first-order chi connectivity index (χ1) is 7.70. The van der Waals surface area contributed by atoms with E-state index in [1.54, 1.807) is 6.07 Å². The summed E-state index contributed by atoms with van der Waals surface area (Å²) in [6.07, 6.45) is 0. The average Bonchev–Trinajstić information content (AvgIpc) is 2.32. The molecule has 3 heteroatoms. The fourth-order valence-corrected chi connectivity index (χ4v) is 1.56. The van der Waals surface area contributed by atoms with Gasteiger partial charge in [0.1, 0.15) is 11.8 Å². The van der Waals surface area contributed by atoms with E-state index in [9.17, 15) is 0 Å². The monoisotopic (exact) mass is 209 g/mol. The minimum Gasteiger partial charge on any atom is -0.399 e. The molecular weight excluding hydrogens is 198 g/mol. The Kier molecular flexibility index (Phi) is 2.57. The quantitative estimate of drug-likeness (QED) is 0.734. The van der Waals surface area contributed by atoms with Crippen LogP contribution in [0.25, 0.3) is 11.3 Å². The van der Waals surface area contributed by atoms with Crippen LogP contribution in [0.1, 0.15) is 11.3 Å². The number of aryl methyl sites for hydroxylation is 1. The topological polar surface area (TPSA) is 62.7 Å². The van der Waals surface area contributed by atoms with Gasteiger partial charge in [-0.15, -0.1) is 0 Å². The summed E-state index contributed by atoms with van der Waals surface area (Å²) in [5.74, 6) is 0. The van der Waals surface area contributed by atoms with Gasteiger partial charge in [0.25, 0.3) is 0 Å². The van der Waals surface area contributed by atoms with E-state index in [1.807, 2.05) is 43.3 Å². The second-order valence-corrected chi connectivity index (χ2v) is 3.59. The number of nitrogen functional groups attached to an aromatic ring is 1. The van der Waals surface area contributed by atoms with Crippen LogP contribution < -0.4 is 5.73 Å². The summed E-state index contributed by atoms with van der Waals surface area (Å²) < 4.78 is 0. The number of benzene rings is 1. The third-order valence-electron chi connectivity index (χ3n) is 2.40. The van der Waals surface area contributed by atoms with Crippen molar-refractivity contribution in [3.63, 3.8) is 0 Å². The highest BCUT2D eigenvalue weighted by atomic mass is 14.7. The molecule has 1 aromatic heterocycles. The molecule has 0 amide bonds. The number of hydrogen-bond acceptors (Lipinski definition) is 3. The highest BCUT2D eigenvalue weighted by Crippen LogP contribution is 2.23. The smallest absolute Gasteiger partial charge is 0.141 e. The van der Waals surface area contributed by atoms with Crippen LogP contribution in [0.15, 0.2) is 36.4 Å². The van der Waals surface area contributed by atoms with E-state index < -0.39 is 0 Å². The van der Waals surface area contributed by atoms with E-state index in [-0.39, 0.29) is 0 Å². The molecule has 0 aliphatic rings. The summed E-state index contributed by atoms with van der Waals surface area (Å²) in [6, 6.07) is 13.1. The van der Waals surface area contributed by atoms with Crippen LogP contribution in [0.4, 0.5) is 5.69 Å². The molecule has 0 aliphatic carbocycles. The first-order valence-electron chi connectivity index (χ1n) is 4.94. The molecule has 0 saturated carbocycles. The van der Waals surface area contributed by atoms with Gasteiger partial charge >= 0.3 is 0 Å². The maximum absolute atomic E-state index is 8.80. The Balaban J connectivity index is 2.58. The second-order valence-electron chi connectivity index (χ2n) is 3.59. The molecule has 3 nitrogen and oxygen atoms in total. The van der Waals surface area contributed by atoms with Gasteiger partial charge in [0.15, 0.2) is 0 Å². The highest BCUT2D eigenvalue weighted by Gasteiger charge is 2.04. The van der Waals surface area contributed by atoms with Crippen LogP contribution in [0.5, 0.6) is 0 Å². The van der Waals surface area contributed by atoms with E-state index in [2.05, 4.69) is 4.98 Å². The van der Waals surface area contributed by atoms with Crippen LogP contribution >= 0.6 is 0 Å². The third kappa shape index (κ3) is 1.86. The van der Waals surface area contributed by atoms with Crippen molar-refractivity contribution in [2.45, 2.75) is 6.92 Å². The van der Waals surface area contributed by atoms with Crippen molar-refractivity contribution in [2.75, 3.05) is 5.73 Å². The van der Waals surface area contributed by atoms with E-state index in [1.165, 1.54) is 0 Å². The minimum atomic E-state index is 0.416. The number of nitrogens with two attached hydrogens (primary N) is 1. The molecule has 0 saturated heterocycles. The fraction of sp³-hybridized carbons (Fsp3) is 0.0769. The van der Waals surface area contributed by atoms with Gasteiger partial charge in [0.05, 0.1) is 5.69 Å². The van der Waals surface area contributed by atoms with Crippen molar-refractivity contribution < 1.29 is 0 Å². The molecule has 2 N–H and O–H groups in total. The Hall–Kier alpha value is -2.34. The van der Waals surface area contributed by atoms with Crippen LogP contribution in [0.2, 0.25) is 0 Å². The first-order valence-corrected chi connectivity index (χ1v) is 4.94. The molecule has 0 spiro atoms. The molecule has 2 aromatic rings. The van der Waals surface area contributed by atoms with E-state index in [0.717, 1.165) is 16.8 Å². The van der Waals surface area contributed by atoms with Gasteiger partial charge in [-0.2, -0.15) is 5.26 Å². The molecule has 1 aromatic carbocycles. The van der Waals surface area contributed by atoms with E-state index >= 15 is 0 Å². The lowest BCUT2D eigenvalue weighted by atomic mass is 10.0. The number of anilines is 1. The van der Waals surface area contributed by atoms with Crippen LogP contribution in [-0.2, 0) is 0 Å². The first kappa shape index (κ1) is 10.2. The number of rotatable bonds is 1. The molecule has 0 unspecified atom stereocenters. The Morgan fingerprint density at radius 3 is 2.81 bits per heavy atom. The second kappa shape index (κ2) is 4.03. The minimum absolute atomic E-state index is 0.416. The molecule has 0 fully saturated rings. The van der Waals surface area contributed by atoms with Gasteiger partial charge in [-0.3, -0.25) is 0 Å². The molecule has 1 heterocycles.